The van der Waals surface area contributed by atoms with Crippen LogP contribution in [0.1, 0.15) is 42.4 Å². The monoisotopic (exact) mass is 584 g/mol. The molecule has 0 saturated heterocycles. The Bertz CT molecular complexity index is 1570. The van der Waals surface area contributed by atoms with E-state index in [9.17, 15) is 4.79 Å². The Balaban J connectivity index is 1.26. The summed E-state index contributed by atoms with van der Waals surface area (Å²) in [7, 11) is 6.57. The van der Waals surface area contributed by atoms with Crippen molar-refractivity contribution < 1.29 is 28.5 Å². The summed E-state index contributed by atoms with van der Waals surface area (Å²) < 4.78 is 28.1. The molecule has 0 radical (unpaired) electrons. The highest BCUT2D eigenvalue weighted by Crippen LogP contribution is 2.49. The Morgan fingerprint density at radius 2 is 1.63 bits per heavy atom. The fourth-order valence-electron chi connectivity index (χ4n) is 6.14. The number of fused-ring (bicyclic) bond motifs is 2. The van der Waals surface area contributed by atoms with Crippen molar-refractivity contribution >= 4 is 16.9 Å². The molecule has 43 heavy (non-hydrogen) atoms. The molecule has 4 aromatic rings. The van der Waals surface area contributed by atoms with Gasteiger partial charge < -0.3 is 29.0 Å². The number of esters is 1. The van der Waals surface area contributed by atoms with E-state index in [4.69, 9.17) is 23.7 Å². The first-order valence-electron chi connectivity index (χ1n) is 14.8. The lowest BCUT2D eigenvalue weighted by Gasteiger charge is -2.28. The Labute approximate surface area is 253 Å². The van der Waals surface area contributed by atoms with Crippen molar-refractivity contribution in [2.24, 2.45) is 0 Å². The van der Waals surface area contributed by atoms with E-state index in [-0.39, 0.29) is 5.97 Å². The lowest BCUT2D eigenvalue weighted by atomic mass is 9.77. The fraction of sp³-hybridized carbons (Fsp3) is 0.371. The van der Waals surface area contributed by atoms with Crippen LogP contribution in [0.25, 0.3) is 10.9 Å². The summed E-state index contributed by atoms with van der Waals surface area (Å²) in [6.45, 7) is 1.66. The summed E-state index contributed by atoms with van der Waals surface area (Å²) in [6, 6.07) is 19.6. The van der Waals surface area contributed by atoms with Crippen molar-refractivity contribution in [3.8, 4) is 28.7 Å². The van der Waals surface area contributed by atoms with Gasteiger partial charge in [0.15, 0.2) is 23.0 Å². The van der Waals surface area contributed by atoms with Crippen LogP contribution in [0.5, 0.6) is 28.7 Å². The molecule has 1 aliphatic rings. The van der Waals surface area contributed by atoms with Gasteiger partial charge in [-0.15, -0.1) is 0 Å². The fourth-order valence-corrected chi connectivity index (χ4v) is 6.14. The number of benzene rings is 3. The summed E-state index contributed by atoms with van der Waals surface area (Å²) in [5, 5.41) is 4.49. The second kappa shape index (κ2) is 13.8. The summed E-state index contributed by atoms with van der Waals surface area (Å²) >= 11 is 0. The van der Waals surface area contributed by atoms with E-state index in [0.29, 0.717) is 36.5 Å². The average Bonchev–Trinajstić information content (AvgIpc) is 3.43. The minimum absolute atomic E-state index is 0.260. The minimum atomic E-state index is -0.790. The third-order valence-corrected chi connectivity index (χ3v) is 8.36. The molecule has 1 atom stereocenters. The van der Waals surface area contributed by atoms with Gasteiger partial charge in [0.1, 0.15) is 5.75 Å². The van der Waals surface area contributed by atoms with Crippen LogP contribution in [0.15, 0.2) is 66.9 Å². The Morgan fingerprint density at radius 1 is 0.860 bits per heavy atom. The number of carbonyl (C=O) groups excluding carboxylic acids is 1. The van der Waals surface area contributed by atoms with Gasteiger partial charge in [-0.05, 0) is 93.1 Å². The van der Waals surface area contributed by atoms with Crippen molar-refractivity contribution in [2.45, 2.75) is 43.9 Å². The molecule has 1 aliphatic carbocycles. The van der Waals surface area contributed by atoms with Gasteiger partial charge in [-0.2, -0.15) is 0 Å². The molecule has 1 heterocycles. The van der Waals surface area contributed by atoms with Crippen molar-refractivity contribution in [3.05, 3.63) is 83.6 Å². The van der Waals surface area contributed by atoms with Crippen LogP contribution in [0.4, 0.5) is 0 Å². The third-order valence-electron chi connectivity index (χ3n) is 8.36. The van der Waals surface area contributed by atoms with Gasteiger partial charge in [0.2, 0.25) is 0 Å². The average molecular weight is 585 g/mol. The lowest BCUT2D eigenvalue weighted by Crippen LogP contribution is -2.38. The van der Waals surface area contributed by atoms with Gasteiger partial charge >= 0.3 is 5.97 Å². The number of aryl methyl sites for hydroxylation is 1. The number of ether oxygens (including phenoxy) is 5. The first kappa shape index (κ1) is 30.2. The molecular formula is C35H40N2O6. The van der Waals surface area contributed by atoms with Gasteiger partial charge in [-0.1, -0.05) is 30.3 Å². The molecule has 0 amide bonds. The zero-order chi connectivity index (χ0) is 30.2. The van der Waals surface area contributed by atoms with Crippen molar-refractivity contribution in [1.82, 2.24) is 10.3 Å². The predicted molar refractivity (Wildman–Crippen MR) is 167 cm³/mol. The predicted octanol–water partition coefficient (Wildman–Crippen LogP) is 6.06. The van der Waals surface area contributed by atoms with Crippen molar-refractivity contribution in [1.29, 1.82) is 0 Å². The molecule has 5 rings (SSSR count). The van der Waals surface area contributed by atoms with Crippen LogP contribution in [0.2, 0.25) is 0 Å². The van der Waals surface area contributed by atoms with Gasteiger partial charge in [0, 0.05) is 10.9 Å². The summed E-state index contributed by atoms with van der Waals surface area (Å²) in [5.41, 5.74) is 3.24. The number of pyridine rings is 1. The number of carbonyl (C=O) groups is 1. The molecular weight excluding hydrogens is 544 g/mol. The number of nitrogens with one attached hydrogen (secondary N) is 1. The Kier molecular flexibility index (Phi) is 9.67. The number of aromatic nitrogens is 1. The Hall–Kier alpha value is -4.30. The second-order valence-corrected chi connectivity index (χ2v) is 10.8. The molecule has 1 unspecified atom stereocenters. The number of nitrogens with zero attached hydrogens (tertiary/aromatic N) is 1. The van der Waals surface area contributed by atoms with Crippen LogP contribution < -0.4 is 29.0 Å². The van der Waals surface area contributed by atoms with Crippen LogP contribution in [-0.2, 0) is 23.1 Å². The van der Waals surface area contributed by atoms with E-state index in [1.54, 1.807) is 34.6 Å². The number of hydrogen-bond donors (Lipinski definition) is 1. The van der Waals surface area contributed by atoms with Gasteiger partial charge in [-0.3, -0.25) is 9.78 Å². The molecule has 0 aliphatic heterocycles. The Morgan fingerprint density at radius 3 is 2.42 bits per heavy atom. The van der Waals surface area contributed by atoms with Crippen LogP contribution >= 0.6 is 0 Å². The first-order chi connectivity index (χ1) is 21.0. The maximum Gasteiger partial charge on any atom is 0.322 e. The molecule has 0 fully saturated rings. The summed E-state index contributed by atoms with van der Waals surface area (Å²) in [5.74, 6) is 3.03. The third kappa shape index (κ3) is 6.39. The molecule has 0 saturated carbocycles. The molecule has 1 aromatic heterocycles. The first-order valence-corrected chi connectivity index (χ1v) is 14.8. The number of methoxy groups -OCH3 is 4. The van der Waals surface area contributed by atoms with Gasteiger partial charge in [0.05, 0.1) is 45.6 Å². The van der Waals surface area contributed by atoms with Gasteiger partial charge in [0.25, 0.3) is 0 Å². The topological polar surface area (TPSA) is 88.1 Å². The SMILES string of the molecule is COc1ccc(CCCNCCCC2(C(=O)Oc3cnc4ccccc4c3)CCc3c2ccc(OC)c3OC)cc1OC. The molecule has 0 bridgehead atoms. The van der Waals surface area contributed by atoms with E-state index >= 15 is 0 Å². The van der Waals surface area contributed by atoms with E-state index in [1.807, 2.05) is 54.6 Å². The smallest absolute Gasteiger partial charge is 0.322 e. The van der Waals surface area contributed by atoms with E-state index in [0.717, 1.165) is 65.9 Å². The zero-order valence-corrected chi connectivity index (χ0v) is 25.4. The zero-order valence-electron chi connectivity index (χ0n) is 25.4. The van der Waals surface area contributed by atoms with Crippen LogP contribution in [0.3, 0.4) is 0 Å². The molecule has 1 N–H and O–H groups in total. The molecule has 3 aromatic carbocycles. The lowest BCUT2D eigenvalue weighted by molar-refractivity contribution is -0.141. The maximum atomic E-state index is 14.0. The molecule has 226 valence electrons. The van der Waals surface area contributed by atoms with E-state index < -0.39 is 5.41 Å². The maximum absolute atomic E-state index is 14.0. The number of para-hydroxylation sites is 1. The van der Waals surface area contributed by atoms with Crippen LogP contribution in [0, 0.1) is 0 Å². The van der Waals surface area contributed by atoms with E-state index in [1.165, 1.54) is 5.56 Å². The molecule has 8 heteroatoms. The normalized spacial score (nSPS) is 15.6. The van der Waals surface area contributed by atoms with Gasteiger partial charge in [-0.25, -0.2) is 0 Å². The largest absolute Gasteiger partial charge is 0.493 e. The highest BCUT2D eigenvalue weighted by atomic mass is 16.5. The number of hydrogen-bond acceptors (Lipinski definition) is 8. The molecule has 8 nitrogen and oxygen atoms in total. The van der Waals surface area contributed by atoms with Crippen molar-refractivity contribution in [3.63, 3.8) is 0 Å². The summed E-state index contributed by atoms with van der Waals surface area (Å²) in [4.78, 5) is 18.5. The second-order valence-electron chi connectivity index (χ2n) is 10.8. The quantitative estimate of drug-likeness (QED) is 0.141. The molecule has 0 spiro atoms. The number of rotatable bonds is 14. The standard InChI is InChI=1S/C35H40N2O6/c1-39-30-14-12-24(21-32(30)41-3)9-7-19-36-20-8-17-35(18-16-27-28(35)13-15-31(40-2)33(27)42-4)34(38)43-26-22-25-10-5-6-11-29(25)37-23-26/h5-6,10-15,21-23,36H,7-9,16-20H2,1-4H3. The minimum Gasteiger partial charge on any atom is -0.493 e. The van der Waals surface area contributed by atoms with Crippen molar-refractivity contribution in [2.75, 3.05) is 41.5 Å². The van der Waals surface area contributed by atoms with Crippen LogP contribution in [-0.4, -0.2) is 52.5 Å². The van der Waals surface area contributed by atoms with E-state index in [2.05, 4.69) is 16.4 Å². The summed E-state index contributed by atoms with van der Waals surface area (Å²) in [6.07, 6.45) is 6.35. The highest BCUT2D eigenvalue weighted by molar-refractivity contribution is 5.88. The highest BCUT2D eigenvalue weighted by Gasteiger charge is 2.48.